The van der Waals surface area contributed by atoms with Crippen LogP contribution in [0, 0.1) is 6.92 Å². The topological polar surface area (TPSA) is 58.6 Å². The third kappa shape index (κ3) is 2.56. The molecule has 0 aromatic heterocycles. The molecular weight excluding hydrogens is 256 g/mol. The summed E-state index contributed by atoms with van der Waals surface area (Å²) in [5.41, 5.74) is 2.48. The fourth-order valence-electron chi connectivity index (χ4n) is 1.86. The van der Waals surface area contributed by atoms with Crippen LogP contribution in [0.4, 0.5) is 10.5 Å². The normalized spacial score (nSPS) is 14.5. The molecule has 1 aliphatic heterocycles. The van der Waals surface area contributed by atoms with Gasteiger partial charge in [0.05, 0.1) is 5.69 Å². The molecule has 1 heterocycles. The molecule has 0 saturated carbocycles. The highest BCUT2D eigenvalue weighted by atomic mass is 16.5. The number of amides is 3. The van der Waals surface area contributed by atoms with Gasteiger partial charge < -0.3 is 4.74 Å². The van der Waals surface area contributed by atoms with Gasteiger partial charge in [-0.1, -0.05) is 13.2 Å². The predicted molar refractivity (Wildman–Crippen MR) is 76.6 cm³/mol. The number of benzene rings is 1. The smallest absolute Gasteiger partial charge is 0.333 e. The Kier molecular flexibility index (Phi) is 3.61. The number of carbonyl (C=O) groups excluding carboxylic acids is 2. The molecule has 1 aromatic carbocycles. The monoisotopic (exact) mass is 272 g/mol. The second-order valence-corrected chi connectivity index (χ2v) is 4.74. The number of urea groups is 1. The van der Waals surface area contributed by atoms with Crippen molar-refractivity contribution in [3.05, 3.63) is 48.2 Å². The Balaban J connectivity index is 2.25. The zero-order chi connectivity index (χ0) is 14.9. The fourth-order valence-corrected chi connectivity index (χ4v) is 1.86. The lowest BCUT2D eigenvalue weighted by atomic mass is 10.2. The molecule has 1 saturated heterocycles. The lowest BCUT2D eigenvalue weighted by Gasteiger charge is -2.17. The van der Waals surface area contributed by atoms with E-state index in [2.05, 4.69) is 18.5 Å². The second-order valence-electron chi connectivity index (χ2n) is 4.74. The third-order valence-electron chi connectivity index (χ3n) is 2.85. The lowest BCUT2D eigenvalue weighted by Crippen LogP contribution is -2.27. The number of nitrogens with zero attached hydrogens (tertiary/aromatic N) is 1. The van der Waals surface area contributed by atoms with E-state index in [9.17, 15) is 9.59 Å². The van der Waals surface area contributed by atoms with E-state index in [0.29, 0.717) is 18.0 Å². The van der Waals surface area contributed by atoms with Crippen LogP contribution >= 0.6 is 0 Å². The van der Waals surface area contributed by atoms with Crippen molar-refractivity contribution in [1.82, 2.24) is 5.32 Å². The molecular formula is C15H16N2O3. The molecule has 1 fully saturated rings. The van der Waals surface area contributed by atoms with Crippen molar-refractivity contribution in [1.29, 1.82) is 0 Å². The summed E-state index contributed by atoms with van der Waals surface area (Å²) in [6.07, 6.45) is 0. The molecule has 104 valence electrons. The van der Waals surface area contributed by atoms with E-state index in [0.717, 1.165) is 11.1 Å². The minimum Gasteiger partial charge on any atom is -0.489 e. The summed E-state index contributed by atoms with van der Waals surface area (Å²) in [4.78, 5) is 24.3. The molecule has 0 atom stereocenters. The largest absolute Gasteiger partial charge is 0.489 e. The average Bonchev–Trinajstić information content (AvgIpc) is 2.61. The Morgan fingerprint density at radius 1 is 1.40 bits per heavy atom. The zero-order valence-corrected chi connectivity index (χ0v) is 11.5. The molecule has 0 radical (unpaired) electrons. The van der Waals surface area contributed by atoms with Crippen LogP contribution in [0.25, 0.3) is 0 Å². The van der Waals surface area contributed by atoms with Gasteiger partial charge in [-0.15, -0.1) is 0 Å². The first kappa shape index (κ1) is 13.9. The van der Waals surface area contributed by atoms with Crippen LogP contribution in [-0.2, 0) is 4.79 Å². The molecule has 1 aromatic rings. The van der Waals surface area contributed by atoms with Gasteiger partial charge in [-0.25, -0.2) is 4.79 Å². The minimum absolute atomic E-state index is 0.116. The number of imide groups is 1. The number of hydrogen-bond donors (Lipinski definition) is 1. The van der Waals surface area contributed by atoms with Crippen molar-refractivity contribution in [3.63, 3.8) is 0 Å². The maximum atomic E-state index is 11.7. The van der Waals surface area contributed by atoms with Gasteiger partial charge in [0.15, 0.2) is 0 Å². The maximum absolute atomic E-state index is 11.7. The Morgan fingerprint density at radius 3 is 2.60 bits per heavy atom. The molecule has 0 bridgehead atoms. The Bertz CT molecular complexity index is 620. The standard InChI is InChI=1S/C15H16N2O3/c1-9(2)8-20-13-6-5-12(7-10(13)3)17-11(4)14(18)16-15(17)19/h5-7H,1,4,8H2,2-3H3,(H,16,18,19). The van der Waals surface area contributed by atoms with Crippen LogP contribution in [0.1, 0.15) is 12.5 Å². The summed E-state index contributed by atoms with van der Waals surface area (Å²) in [5.74, 6) is 0.239. The first-order valence-corrected chi connectivity index (χ1v) is 6.12. The number of carbonyl (C=O) groups is 2. The van der Waals surface area contributed by atoms with E-state index in [1.54, 1.807) is 18.2 Å². The first-order valence-electron chi connectivity index (χ1n) is 6.12. The zero-order valence-electron chi connectivity index (χ0n) is 11.5. The molecule has 5 nitrogen and oxygen atoms in total. The van der Waals surface area contributed by atoms with E-state index < -0.39 is 11.9 Å². The van der Waals surface area contributed by atoms with E-state index in [1.165, 1.54) is 4.90 Å². The van der Waals surface area contributed by atoms with Crippen molar-refractivity contribution < 1.29 is 14.3 Å². The van der Waals surface area contributed by atoms with Crippen LogP contribution in [0.5, 0.6) is 5.75 Å². The molecule has 1 aliphatic rings. The number of nitrogens with one attached hydrogen (secondary N) is 1. The summed E-state index contributed by atoms with van der Waals surface area (Å²) in [6.45, 7) is 11.6. The Morgan fingerprint density at radius 2 is 2.10 bits per heavy atom. The van der Waals surface area contributed by atoms with E-state index >= 15 is 0 Å². The van der Waals surface area contributed by atoms with E-state index in [4.69, 9.17) is 4.74 Å². The molecule has 0 aliphatic carbocycles. The van der Waals surface area contributed by atoms with Gasteiger partial charge in [0, 0.05) is 0 Å². The van der Waals surface area contributed by atoms with Gasteiger partial charge in [0.2, 0.25) is 0 Å². The molecule has 2 rings (SSSR count). The highest BCUT2D eigenvalue weighted by Gasteiger charge is 2.32. The number of anilines is 1. The average molecular weight is 272 g/mol. The van der Waals surface area contributed by atoms with Crippen LogP contribution in [0.15, 0.2) is 42.6 Å². The Hall–Kier alpha value is -2.56. The van der Waals surface area contributed by atoms with Gasteiger partial charge in [-0.05, 0) is 43.2 Å². The van der Waals surface area contributed by atoms with Crippen LogP contribution in [-0.4, -0.2) is 18.5 Å². The van der Waals surface area contributed by atoms with Crippen molar-refractivity contribution in [2.75, 3.05) is 11.5 Å². The number of hydrogen-bond acceptors (Lipinski definition) is 3. The molecule has 1 N–H and O–H groups in total. The minimum atomic E-state index is -0.491. The number of rotatable bonds is 4. The van der Waals surface area contributed by atoms with E-state index in [1.807, 2.05) is 13.8 Å². The maximum Gasteiger partial charge on any atom is 0.333 e. The van der Waals surface area contributed by atoms with Crippen molar-refractivity contribution >= 4 is 17.6 Å². The van der Waals surface area contributed by atoms with E-state index in [-0.39, 0.29) is 5.70 Å². The van der Waals surface area contributed by atoms with Crippen LogP contribution < -0.4 is 15.0 Å². The first-order chi connectivity index (χ1) is 9.40. The van der Waals surface area contributed by atoms with Crippen molar-refractivity contribution in [3.8, 4) is 5.75 Å². The van der Waals surface area contributed by atoms with Gasteiger partial charge in [-0.3, -0.25) is 15.0 Å². The number of aryl methyl sites for hydroxylation is 1. The summed E-state index contributed by atoms with van der Waals surface area (Å²) in [5, 5.41) is 2.19. The summed E-state index contributed by atoms with van der Waals surface area (Å²) in [7, 11) is 0. The molecule has 20 heavy (non-hydrogen) atoms. The molecule has 3 amide bonds. The highest BCUT2D eigenvalue weighted by Crippen LogP contribution is 2.28. The fraction of sp³-hybridized carbons (Fsp3) is 0.200. The van der Waals surface area contributed by atoms with Crippen molar-refractivity contribution in [2.45, 2.75) is 13.8 Å². The SMILES string of the molecule is C=C(C)COc1ccc(N2C(=C)C(=O)NC2=O)cc1C. The lowest BCUT2D eigenvalue weighted by molar-refractivity contribution is -0.115. The molecule has 5 heteroatoms. The molecule has 0 spiro atoms. The van der Waals surface area contributed by atoms with Crippen LogP contribution in [0.2, 0.25) is 0 Å². The van der Waals surface area contributed by atoms with Gasteiger partial charge in [0.25, 0.3) is 5.91 Å². The van der Waals surface area contributed by atoms with Gasteiger partial charge >= 0.3 is 6.03 Å². The second kappa shape index (κ2) is 5.21. The quantitative estimate of drug-likeness (QED) is 0.520. The highest BCUT2D eigenvalue weighted by molar-refractivity contribution is 6.21. The molecule has 0 unspecified atom stereocenters. The van der Waals surface area contributed by atoms with Gasteiger partial charge in [-0.2, -0.15) is 0 Å². The Labute approximate surface area is 117 Å². The third-order valence-corrected chi connectivity index (χ3v) is 2.85. The van der Waals surface area contributed by atoms with Crippen LogP contribution in [0.3, 0.4) is 0 Å². The number of ether oxygens (including phenoxy) is 1. The van der Waals surface area contributed by atoms with Crippen molar-refractivity contribution in [2.24, 2.45) is 0 Å². The summed E-state index contributed by atoms with van der Waals surface area (Å²) in [6, 6.07) is 4.76. The summed E-state index contributed by atoms with van der Waals surface area (Å²) < 4.78 is 5.58. The van der Waals surface area contributed by atoms with Gasteiger partial charge in [0.1, 0.15) is 18.1 Å². The predicted octanol–water partition coefficient (Wildman–Crippen LogP) is 2.52. The summed E-state index contributed by atoms with van der Waals surface area (Å²) >= 11 is 0.